The fourth-order valence-electron chi connectivity index (χ4n) is 3.79. The van der Waals surface area contributed by atoms with Crippen LogP contribution in [0.15, 0.2) is 0 Å². The van der Waals surface area contributed by atoms with Gasteiger partial charge in [0.1, 0.15) is 0 Å². The highest BCUT2D eigenvalue weighted by Gasteiger charge is 2.40. The Morgan fingerprint density at radius 2 is 2.06 bits per heavy atom. The van der Waals surface area contributed by atoms with Crippen LogP contribution in [0.5, 0.6) is 0 Å². The molecule has 0 radical (unpaired) electrons. The molecule has 2 unspecified atom stereocenters. The van der Waals surface area contributed by atoms with E-state index in [1.807, 2.05) is 0 Å². The van der Waals surface area contributed by atoms with Crippen molar-refractivity contribution in [2.24, 2.45) is 5.73 Å². The minimum Gasteiger partial charge on any atom is -0.326 e. The molecule has 0 aromatic carbocycles. The summed E-state index contributed by atoms with van der Waals surface area (Å²) in [7, 11) is 0. The molecule has 16 heavy (non-hydrogen) atoms. The molecule has 2 nitrogen and oxygen atoms in total. The van der Waals surface area contributed by atoms with Gasteiger partial charge in [-0.05, 0) is 43.2 Å². The summed E-state index contributed by atoms with van der Waals surface area (Å²) in [6, 6.07) is 0.959. The van der Waals surface area contributed by atoms with Crippen LogP contribution in [0.25, 0.3) is 0 Å². The van der Waals surface area contributed by atoms with E-state index in [1.165, 1.54) is 45.2 Å². The molecule has 1 aromatic heterocycles. The van der Waals surface area contributed by atoms with Crippen molar-refractivity contribution in [1.82, 2.24) is 4.90 Å². The van der Waals surface area contributed by atoms with E-state index in [1.54, 1.807) is 20.9 Å². The van der Waals surface area contributed by atoms with Crippen LogP contribution in [-0.2, 0) is 19.3 Å². The van der Waals surface area contributed by atoms with E-state index in [4.69, 9.17) is 5.73 Å². The van der Waals surface area contributed by atoms with Gasteiger partial charge in [-0.2, -0.15) is 0 Å². The number of fused-ring (bicyclic) bond motifs is 5. The van der Waals surface area contributed by atoms with Crippen LogP contribution >= 0.6 is 11.3 Å². The molecule has 0 bridgehead atoms. The maximum Gasteiger partial charge on any atom is 0.0513 e. The molecule has 1 aromatic rings. The quantitative estimate of drug-likeness (QED) is 0.742. The Kier molecular flexibility index (Phi) is 1.99. The van der Waals surface area contributed by atoms with E-state index >= 15 is 0 Å². The van der Waals surface area contributed by atoms with Crippen molar-refractivity contribution in [3.05, 3.63) is 20.9 Å². The van der Waals surface area contributed by atoms with E-state index in [9.17, 15) is 0 Å². The second-order valence-corrected chi connectivity index (χ2v) is 6.57. The number of hydrogen-bond acceptors (Lipinski definition) is 3. The molecule has 0 spiro atoms. The van der Waals surface area contributed by atoms with Gasteiger partial charge in [-0.1, -0.05) is 0 Å². The summed E-state index contributed by atoms with van der Waals surface area (Å²) < 4.78 is 0. The van der Waals surface area contributed by atoms with Crippen molar-refractivity contribution in [3.8, 4) is 0 Å². The number of rotatable bonds is 0. The Labute approximate surface area is 100 Å². The van der Waals surface area contributed by atoms with E-state index in [0.29, 0.717) is 12.1 Å². The first kappa shape index (κ1) is 9.63. The summed E-state index contributed by atoms with van der Waals surface area (Å²) in [5, 5.41) is 0. The maximum atomic E-state index is 6.32. The molecule has 0 saturated carbocycles. The average molecular weight is 234 g/mol. The molecule has 3 heteroatoms. The van der Waals surface area contributed by atoms with Gasteiger partial charge in [0, 0.05) is 28.9 Å². The third kappa shape index (κ3) is 1.14. The highest BCUT2D eigenvalue weighted by atomic mass is 32.1. The monoisotopic (exact) mass is 234 g/mol. The van der Waals surface area contributed by atoms with Crippen LogP contribution in [0.2, 0.25) is 0 Å². The average Bonchev–Trinajstić information content (AvgIpc) is 2.91. The molecule has 1 aliphatic carbocycles. The third-order valence-corrected chi connectivity index (χ3v) is 5.88. The van der Waals surface area contributed by atoms with E-state index in [-0.39, 0.29) is 0 Å². The maximum absolute atomic E-state index is 6.32. The molecule has 3 heterocycles. The van der Waals surface area contributed by atoms with Crippen molar-refractivity contribution >= 4 is 11.3 Å². The number of nitrogens with two attached hydrogens (primary N) is 1. The lowest BCUT2D eigenvalue weighted by molar-refractivity contribution is 0.235. The van der Waals surface area contributed by atoms with Gasteiger partial charge in [0.25, 0.3) is 0 Å². The van der Waals surface area contributed by atoms with Gasteiger partial charge in [0.2, 0.25) is 0 Å². The summed E-state index contributed by atoms with van der Waals surface area (Å²) in [5.41, 5.74) is 9.70. The topological polar surface area (TPSA) is 29.3 Å². The lowest BCUT2D eigenvalue weighted by Gasteiger charge is -2.32. The molecule has 0 amide bonds. The molecule has 2 atom stereocenters. The summed E-state index contributed by atoms with van der Waals surface area (Å²) in [5.74, 6) is 0. The van der Waals surface area contributed by atoms with Crippen LogP contribution in [0.1, 0.15) is 39.8 Å². The second-order valence-electron chi connectivity index (χ2n) is 5.38. The zero-order chi connectivity index (χ0) is 10.7. The van der Waals surface area contributed by atoms with E-state index in [0.717, 1.165) is 0 Å². The highest BCUT2D eigenvalue weighted by molar-refractivity contribution is 7.12. The molecular formula is C13H18N2S. The van der Waals surface area contributed by atoms with Crippen LogP contribution in [0, 0.1) is 0 Å². The zero-order valence-corrected chi connectivity index (χ0v) is 10.4. The van der Waals surface area contributed by atoms with Crippen LogP contribution in [0.3, 0.4) is 0 Å². The standard InChI is InChI=1S/C13H18N2S/c14-9-4-6-15-7-5-11-12(13(9)15)8-2-1-3-10(8)16-11/h9,13H,1-7,14H2. The van der Waals surface area contributed by atoms with Crippen molar-refractivity contribution in [2.75, 3.05) is 13.1 Å². The fourth-order valence-corrected chi connectivity index (χ4v) is 5.22. The normalized spacial score (nSPS) is 32.6. The molecular weight excluding hydrogens is 216 g/mol. The third-order valence-electron chi connectivity index (χ3n) is 4.51. The molecule has 2 N–H and O–H groups in total. The predicted molar refractivity (Wildman–Crippen MR) is 67.0 cm³/mol. The number of nitrogens with zero attached hydrogens (tertiary/aromatic N) is 1. The molecule has 4 rings (SSSR count). The predicted octanol–water partition coefficient (Wildman–Crippen LogP) is 1.87. The smallest absolute Gasteiger partial charge is 0.0513 e. The van der Waals surface area contributed by atoms with Gasteiger partial charge in [0.15, 0.2) is 0 Å². The molecule has 1 saturated heterocycles. The highest BCUT2D eigenvalue weighted by Crippen LogP contribution is 2.46. The van der Waals surface area contributed by atoms with Crippen molar-refractivity contribution in [1.29, 1.82) is 0 Å². The van der Waals surface area contributed by atoms with E-state index in [2.05, 4.69) is 16.2 Å². The number of thiophene rings is 1. The lowest BCUT2D eigenvalue weighted by Crippen LogP contribution is -2.36. The fraction of sp³-hybridized carbons (Fsp3) is 0.692. The van der Waals surface area contributed by atoms with Gasteiger partial charge in [-0.25, -0.2) is 0 Å². The SMILES string of the molecule is NC1CCN2CCc3sc4c(c3C12)CCC4. The van der Waals surface area contributed by atoms with Crippen molar-refractivity contribution in [3.63, 3.8) is 0 Å². The van der Waals surface area contributed by atoms with Crippen LogP contribution in [0.4, 0.5) is 0 Å². The largest absolute Gasteiger partial charge is 0.326 e. The van der Waals surface area contributed by atoms with E-state index < -0.39 is 0 Å². The number of hydrogen-bond donors (Lipinski definition) is 1. The van der Waals surface area contributed by atoms with Gasteiger partial charge < -0.3 is 5.73 Å². The van der Waals surface area contributed by atoms with Crippen molar-refractivity contribution < 1.29 is 0 Å². The Bertz CT molecular complexity index is 437. The van der Waals surface area contributed by atoms with Gasteiger partial charge in [-0.15, -0.1) is 11.3 Å². The molecule has 1 fully saturated rings. The second kappa shape index (κ2) is 3.31. The van der Waals surface area contributed by atoms with Crippen LogP contribution < -0.4 is 5.73 Å². The molecule has 2 aliphatic heterocycles. The first-order chi connectivity index (χ1) is 7.84. The van der Waals surface area contributed by atoms with Gasteiger partial charge >= 0.3 is 0 Å². The van der Waals surface area contributed by atoms with Crippen LogP contribution in [-0.4, -0.2) is 24.0 Å². The minimum absolute atomic E-state index is 0.387. The first-order valence-electron chi connectivity index (χ1n) is 6.47. The van der Waals surface area contributed by atoms with Crippen molar-refractivity contribution in [2.45, 2.75) is 44.2 Å². The Morgan fingerprint density at radius 1 is 1.12 bits per heavy atom. The summed E-state index contributed by atoms with van der Waals surface area (Å²) >= 11 is 2.09. The zero-order valence-electron chi connectivity index (χ0n) is 9.54. The number of aryl methyl sites for hydroxylation is 1. The summed E-state index contributed by atoms with van der Waals surface area (Å²) in [6.07, 6.45) is 6.48. The lowest BCUT2D eigenvalue weighted by atomic mass is 9.92. The Balaban J connectivity index is 1.87. The van der Waals surface area contributed by atoms with Gasteiger partial charge in [0.05, 0.1) is 6.04 Å². The summed E-state index contributed by atoms with van der Waals surface area (Å²) in [6.45, 7) is 2.46. The Morgan fingerprint density at radius 3 is 3.00 bits per heavy atom. The molecule has 3 aliphatic rings. The Hall–Kier alpha value is -0.380. The minimum atomic E-state index is 0.387. The first-order valence-corrected chi connectivity index (χ1v) is 7.29. The van der Waals surface area contributed by atoms with Gasteiger partial charge in [-0.3, -0.25) is 4.90 Å². The molecule has 86 valence electrons. The summed E-state index contributed by atoms with van der Waals surface area (Å²) in [4.78, 5) is 5.98.